The maximum absolute atomic E-state index is 13.5. The molecule has 0 saturated carbocycles. The van der Waals surface area contributed by atoms with Crippen LogP contribution in [-0.4, -0.2) is 34.5 Å². The smallest absolute Gasteiger partial charge is 0.335 e. The molecule has 0 fully saturated rings. The highest BCUT2D eigenvalue weighted by Crippen LogP contribution is 2.49. The van der Waals surface area contributed by atoms with Crippen molar-refractivity contribution in [3.8, 4) is 28.6 Å². The summed E-state index contributed by atoms with van der Waals surface area (Å²) in [4.78, 5) is 37.3. The van der Waals surface area contributed by atoms with Crippen LogP contribution in [0.1, 0.15) is 49.9 Å². The van der Waals surface area contributed by atoms with Crippen molar-refractivity contribution in [3.05, 3.63) is 107 Å². The monoisotopic (exact) mass is 561 g/mol. The van der Waals surface area contributed by atoms with Crippen molar-refractivity contribution in [1.82, 2.24) is 4.57 Å². The van der Waals surface area contributed by atoms with Crippen molar-refractivity contribution in [2.24, 2.45) is 7.05 Å². The molecule has 0 unspecified atom stereocenters. The third kappa shape index (κ3) is 4.05. The number of hydrogen-bond donors (Lipinski definition) is 1. The molecule has 9 heteroatoms. The number of carbonyl (C=O) groups excluding carboxylic acids is 2. The molecular weight excluding hydrogens is 538 g/mol. The van der Waals surface area contributed by atoms with Crippen LogP contribution < -0.4 is 14.2 Å². The fourth-order valence-corrected chi connectivity index (χ4v) is 5.61. The Morgan fingerprint density at radius 3 is 2.60 bits per heavy atom. The Labute approximate surface area is 239 Å². The van der Waals surface area contributed by atoms with E-state index in [-0.39, 0.29) is 23.5 Å². The van der Waals surface area contributed by atoms with Crippen LogP contribution in [0.3, 0.4) is 0 Å². The molecule has 2 aliphatic rings. The van der Waals surface area contributed by atoms with Crippen molar-refractivity contribution in [3.63, 3.8) is 0 Å². The van der Waals surface area contributed by atoms with E-state index in [1.165, 1.54) is 12.1 Å². The maximum Gasteiger partial charge on any atom is 0.335 e. The first-order valence-electron chi connectivity index (χ1n) is 13.2. The molecule has 5 aromatic rings. The van der Waals surface area contributed by atoms with Gasteiger partial charge in [-0.15, -0.1) is 0 Å². The SMILES string of the molecule is COc1ccc2c(c1)c(/C=C1\Oc3c(ccc4c3[C@@H](c3ccc(-c5ccc(C(=O)O)cc5)o3)CC(=O)O4)C1=O)cn2C. The zero-order valence-corrected chi connectivity index (χ0v) is 22.5. The number of ether oxygens (including phenoxy) is 3. The lowest BCUT2D eigenvalue weighted by Gasteiger charge is -2.24. The summed E-state index contributed by atoms with van der Waals surface area (Å²) in [6.45, 7) is 0. The Morgan fingerprint density at radius 2 is 1.83 bits per heavy atom. The summed E-state index contributed by atoms with van der Waals surface area (Å²) in [6.07, 6.45) is 3.63. The van der Waals surface area contributed by atoms with E-state index in [4.69, 9.17) is 18.6 Å². The van der Waals surface area contributed by atoms with Crippen molar-refractivity contribution in [2.75, 3.05) is 7.11 Å². The molecule has 1 atom stereocenters. The summed E-state index contributed by atoms with van der Waals surface area (Å²) in [5.74, 6) is 0.224. The summed E-state index contributed by atoms with van der Waals surface area (Å²) >= 11 is 0. The number of furan rings is 1. The molecule has 0 amide bonds. The van der Waals surface area contributed by atoms with Crippen LogP contribution in [0.5, 0.6) is 17.2 Å². The third-order valence-corrected chi connectivity index (χ3v) is 7.68. The number of aromatic nitrogens is 1. The molecule has 2 aliphatic heterocycles. The fraction of sp³-hybridized carbons (Fsp3) is 0.121. The summed E-state index contributed by atoms with van der Waals surface area (Å²) in [6, 6.07) is 18.8. The highest BCUT2D eigenvalue weighted by atomic mass is 16.5. The molecule has 3 aromatic carbocycles. The Hall–Kier alpha value is -5.57. The molecular formula is C33H23NO8. The second kappa shape index (κ2) is 9.52. The number of carboxylic acid groups (broad SMARTS) is 1. The summed E-state index contributed by atoms with van der Waals surface area (Å²) in [7, 11) is 3.53. The Balaban J connectivity index is 1.27. The lowest BCUT2D eigenvalue weighted by molar-refractivity contribution is -0.135. The van der Waals surface area contributed by atoms with Crippen molar-refractivity contribution >= 4 is 34.7 Å². The first-order valence-corrected chi connectivity index (χ1v) is 13.2. The number of hydrogen-bond acceptors (Lipinski definition) is 7. The Kier molecular flexibility index (Phi) is 5.76. The molecule has 0 bridgehead atoms. The lowest BCUT2D eigenvalue weighted by Crippen LogP contribution is -2.21. The van der Waals surface area contributed by atoms with E-state index in [9.17, 15) is 19.5 Å². The van der Waals surface area contributed by atoms with Crippen LogP contribution in [0.4, 0.5) is 0 Å². The standard InChI is InChI=1S/C33H23NO8/c1-34-16-19(22-14-20(39-2)7-9-24(22)34)13-28-31(36)21-8-10-27-30(32(21)42-28)23(15-29(35)41-27)26-12-11-25(40-26)17-3-5-18(6-4-17)33(37)38/h3-14,16,23H,15H2,1-2H3,(H,37,38)/b28-13-/t23-/m1/s1. The molecule has 9 nitrogen and oxygen atoms in total. The topological polar surface area (TPSA) is 117 Å². The van der Waals surface area contributed by atoms with E-state index >= 15 is 0 Å². The first kappa shape index (κ1) is 25.4. The number of aryl methyl sites for hydroxylation is 1. The highest BCUT2D eigenvalue weighted by molar-refractivity contribution is 6.15. The van der Waals surface area contributed by atoms with Crippen LogP contribution >= 0.6 is 0 Å². The molecule has 2 aromatic heterocycles. The quantitative estimate of drug-likeness (QED) is 0.153. The predicted molar refractivity (Wildman–Crippen MR) is 152 cm³/mol. The number of rotatable bonds is 5. The van der Waals surface area contributed by atoms with Crippen molar-refractivity contribution in [1.29, 1.82) is 0 Å². The van der Waals surface area contributed by atoms with Crippen LogP contribution in [0.25, 0.3) is 28.3 Å². The number of aromatic carboxylic acids is 1. The number of nitrogens with zero attached hydrogens (tertiary/aromatic N) is 1. The van der Waals surface area contributed by atoms with Gasteiger partial charge in [0.15, 0.2) is 5.76 Å². The van der Waals surface area contributed by atoms with Crippen LogP contribution in [0, 0.1) is 0 Å². The van der Waals surface area contributed by atoms with Crippen LogP contribution in [0.2, 0.25) is 0 Å². The zero-order valence-electron chi connectivity index (χ0n) is 22.5. The average Bonchev–Trinajstić information content (AvgIpc) is 3.69. The molecule has 7 rings (SSSR count). The molecule has 0 saturated heterocycles. The second-order valence-corrected chi connectivity index (χ2v) is 10.2. The summed E-state index contributed by atoms with van der Waals surface area (Å²) in [5.41, 5.74) is 3.55. The zero-order chi connectivity index (χ0) is 29.1. The third-order valence-electron chi connectivity index (χ3n) is 7.68. The van der Waals surface area contributed by atoms with E-state index in [0.717, 1.165) is 16.5 Å². The molecule has 1 N–H and O–H groups in total. The van der Waals surface area contributed by atoms with Gasteiger partial charge < -0.3 is 28.3 Å². The minimum atomic E-state index is -1.02. The number of allylic oxidation sites excluding steroid dienone is 1. The van der Waals surface area contributed by atoms with Gasteiger partial charge in [-0.2, -0.15) is 0 Å². The predicted octanol–water partition coefficient (Wildman–Crippen LogP) is 6.20. The average molecular weight is 562 g/mol. The number of methoxy groups -OCH3 is 1. The highest BCUT2D eigenvalue weighted by Gasteiger charge is 2.39. The van der Waals surface area contributed by atoms with Gasteiger partial charge in [-0.3, -0.25) is 9.59 Å². The number of carboxylic acids is 1. The molecule has 42 heavy (non-hydrogen) atoms. The van der Waals surface area contributed by atoms with Gasteiger partial charge in [0.25, 0.3) is 0 Å². The van der Waals surface area contributed by atoms with Crippen molar-refractivity contribution < 1.29 is 38.1 Å². The van der Waals surface area contributed by atoms with Gasteiger partial charge in [0.05, 0.1) is 30.6 Å². The summed E-state index contributed by atoms with van der Waals surface area (Å²) < 4.78 is 25.3. The summed E-state index contributed by atoms with van der Waals surface area (Å²) in [5, 5.41) is 10.1. The van der Waals surface area contributed by atoms with Gasteiger partial charge in [0, 0.05) is 40.8 Å². The molecule has 208 valence electrons. The molecule has 4 heterocycles. The largest absolute Gasteiger partial charge is 0.497 e. The van der Waals surface area contributed by atoms with Gasteiger partial charge in [-0.1, -0.05) is 12.1 Å². The number of fused-ring (bicyclic) bond motifs is 4. The van der Waals surface area contributed by atoms with E-state index < -0.39 is 17.9 Å². The van der Waals surface area contributed by atoms with E-state index in [1.54, 1.807) is 49.6 Å². The van der Waals surface area contributed by atoms with Gasteiger partial charge in [-0.25, -0.2) is 4.79 Å². The van der Waals surface area contributed by atoms with Gasteiger partial charge >= 0.3 is 11.9 Å². The maximum atomic E-state index is 13.5. The Morgan fingerprint density at radius 1 is 1.02 bits per heavy atom. The van der Waals surface area contributed by atoms with E-state index in [1.807, 2.05) is 36.0 Å². The van der Waals surface area contributed by atoms with Crippen LogP contribution in [-0.2, 0) is 11.8 Å². The van der Waals surface area contributed by atoms with Crippen LogP contribution in [0.15, 0.2) is 83.1 Å². The Bertz CT molecular complexity index is 1980. The number of esters is 1. The minimum Gasteiger partial charge on any atom is -0.497 e. The first-order chi connectivity index (χ1) is 20.3. The van der Waals surface area contributed by atoms with Gasteiger partial charge in [-0.05, 0) is 60.7 Å². The second-order valence-electron chi connectivity index (χ2n) is 10.2. The minimum absolute atomic E-state index is 0.00588. The number of Topliss-reactive ketones (excluding diaryl/α,β-unsaturated/α-hetero) is 1. The van der Waals surface area contributed by atoms with Gasteiger partial charge in [0.2, 0.25) is 5.78 Å². The van der Waals surface area contributed by atoms with E-state index in [0.29, 0.717) is 45.5 Å². The van der Waals surface area contributed by atoms with E-state index in [2.05, 4.69) is 0 Å². The lowest BCUT2D eigenvalue weighted by atomic mass is 9.88. The fourth-order valence-electron chi connectivity index (χ4n) is 5.61. The number of ketones is 1. The number of carbonyl (C=O) groups is 3. The van der Waals surface area contributed by atoms with Gasteiger partial charge in [0.1, 0.15) is 28.8 Å². The number of benzene rings is 3. The molecule has 0 radical (unpaired) electrons. The van der Waals surface area contributed by atoms with Crippen molar-refractivity contribution in [2.45, 2.75) is 12.3 Å². The normalized spacial score (nSPS) is 16.7. The molecule has 0 spiro atoms. The molecule has 0 aliphatic carbocycles.